The molecule has 0 aromatic rings. The number of rotatable bonds is 4. The van der Waals surface area contributed by atoms with Crippen LogP contribution in [-0.2, 0) is 9.53 Å². The highest BCUT2D eigenvalue weighted by atomic mass is 16.5. The lowest BCUT2D eigenvalue weighted by Gasteiger charge is -1.96. The molecule has 0 bridgehead atoms. The van der Waals surface area contributed by atoms with E-state index in [1.165, 1.54) is 6.08 Å². The Morgan fingerprint density at radius 2 is 2.40 bits per heavy atom. The Hall–Kier alpha value is -1.05. The van der Waals surface area contributed by atoms with Crippen LogP contribution in [0.5, 0.6) is 0 Å². The van der Waals surface area contributed by atoms with Crippen molar-refractivity contribution in [2.24, 2.45) is 0 Å². The van der Waals surface area contributed by atoms with Gasteiger partial charge in [-0.3, -0.25) is 4.79 Å². The molecule has 0 atom stereocenters. The van der Waals surface area contributed by atoms with Gasteiger partial charge in [0.25, 0.3) is 0 Å². The zero-order chi connectivity index (χ0) is 7.82. The Morgan fingerprint density at radius 3 is 2.90 bits per heavy atom. The van der Waals surface area contributed by atoms with Crippen LogP contribution in [0.1, 0.15) is 13.3 Å². The molecule has 0 N–H and O–H groups in total. The average molecular weight is 140 g/mol. The largest absolute Gasteiger partial charge is 0.461 e. The van der Waals surface area contributed by atoms with E-state index in [2.05, 4.69) is 6.58 Å². The molecule has 0 aromatic heterocycles. The number of ether oxygens (including phenoxy) is 1. The monoisotopic (exact) mass is 140 g/mol. The zero-order valence-electron chi connectivity index (χ0n) is 6.17. The smallest absolute Gasteiger partial charge is 0.309 e. The highest BCUT2D eigenvalue weighted by Crippen LogP contribution is 1.86. The maximum Gasteiger partial charge on any atom is 0.309 e. The topological polar surface area (TPSA) is 26.3 Å². The molecule has 0 aromatic carbocycles. The van der Waals surface area contributed by atoms with E-state index in [-0.39, 0.29) is 12.4 Å². The minimum Gasteiger partial charge on any atom is -0.461 e. The van der Waals surface area contributed by atoms with Crippen molar-refractivity contribution < 1.29 is 9.53 Å². The van der Waals surface area contributed by atoms with E-state index in [0.717, 1.165) is 0 Å². The van der Waals surface area contributed by atoms with Crippen LogP contribution in [0.4, 0.5) is 0 Å². The summed E-state index contributed by atoms with van der Waals surface area (Å²) in [5.74, 6) is -0.229. The third-order valence-electron chi connectivity index (χ3n) is 0.887. The first-order valence-corrected chi connectivity index (χ1v) is 3.19. The summed E-state index contributed by atoms with van der Waals surface area (Å²) in [6.45, 7) is 5.65. The quantitative estimate of drug-likeness (QED) is 0.438. The Labute approximate surface area is 61.2 Å². The molecular formula is C8H12O2. The van der Waals surface area contributed by atoms with Crippen LogP contribution in [0, 0.1) is 0 Å². The first-order chi connectivity index (χ1) is 4.81. The predicted molar refractivity (Wildman–Crippen MR) is 40.6 cm³/mol. The Morgan fingerprint density at radius 1 is 1.70 bits per heavy atom. The van der Waals surface area contributed by atoms with E-state index < -0.39 is 0 Å². The molecule has 0 aliphatic rings. The summed E-state index contributed by atoms with van der Waals surface area (Å²) in [5, 5.41) is 0. The molecular weight excluding hydrogens is 128 g/mol. The number of carbonyl (C=O) groups excluding carboxylic acids is 1. The van der Waals surface area contributed by atoms with Gasteiger partial charge >= 0.3 is 5.97 Å². The van der Waals surface area contributed by atoms with Crippen molar-refractivity contribution in [2.75, 3.05) is 6.61 Å². The molecule has 0 unspecified atom stereocenters. The van der Waals surface area contributed by atoms with Crippen molar-refractivity contribution in [2.45, 2.75) is 13.3 Å². The number of allylic oxidation sites excluding steroid dienone is 1. The van der Waals surface area contributed by atoms with Crippen LogP contribution in [-0.4, -0.2) is 12.6 Å². The summed E-state index contributed by atoms with van der Waals surface area (Å²) in [6.07, 6.45) is 5.43. The molecule has 0 spiro atoms. The van der Waals surface area contributed by atoms with Gasteiger partial charge in [0.15, 0.2) is 0 Å². The van der Waals surface area contributed by atoms with E-state index in [9.17, 15) is 4.79 Å². The van der Waals surface area contributed by atoms with Crippen molar-refractivity contribution in [3.63, 3.8) is 0 Å². The van der Waals surface area contributed by atoms with Gasteiger partial charge in [-0.2, -0.15) is 0 Å². The molecule has 10 heavy (non-hydrogen) atoms. The zero-order valence-corrected chi connectivity index (χ0v) is 6.17. The van der Waals surface area contributed by atoms with Gasteiger partial charge in [0.1, 0.15) is 6.61 Å². The third kappa shape index (κ3) is 5.09. The summed E-state index contributed by atoms with van der Waals surface area (Å²) in [5.41, 5.74) is 0. The van der Waals surface area contributed by atoms with Crippen molar-refractivity contribution in [3.8, 4) is 0 Å². The first kappa shape index (κ1) is 8.95. The Bertz CT molecular complexity index is 136. The second kappa shape index (κ2) is 6.08. The number of esters is 1. The molecule has 0 fully saturated rings. The molecule has 0 amide bonds. The van der Waals surface area contributed by atoms with Gasteiger partial charge < -0.3 is 4.74 Å². The van der Waals surface area contributed by atoms with Gasteiger partial charge in [0, 0.05) is 0 Å². The molecule has 0 aliphatic carbocycles. The summed E-state index contributed by atoms with van der Waals surface area (Å²) in [6, 6.07) is 0. The standard InChI is InChI=1S/C8H12O2/c1-3-5-7-10-8(9)6-4-2/h3-5H,2,6-7H2,1H3. The summed E-state index contributed by atoms with van der Waals surface area (Å²) >= 11 is 0. The SMILES string of the molecule is C=CCC(=O)OCC=CC. The van der Waals surface area contributed by atoms with Gasteiger partial charge in [-0.15, -0.1) is 6.58 Å². The fourth-order valence-corrected chi connectivity index (χ4v) is 0.414. The molecule has 0 rings (SSSR count). The second-order valence-electron chi connectivity index (χ2n) is 1.74. The van der Waals surface area contributed by atoms with Crippen LogP contribution in [0.2, 0.25) is 0 Å². The minimum absolute atomic E-state index is 0.229. The molecule has 0 saturated carbocycles. The van der Waals surface area contributed by atoms with E-state index in [1.54, 1.807) is 6.08 Å². The summed E-state index contributed by atoms with van der Waals surface area (Å²) in [4.78, 5) is 10.6. The molecule has 2 nitrogen and oxygen atoms in total. The molecule has 0 saturated heterocycles. The van der Waals surface area contributed by atoms with Gasteiger partial charge in [0.2, 0.25) is 0 Å². The van der Waals surface area contributed by atoms with E-state index in [4.69, 9.17) is 4.74 Å². The molecule has 2 heteroatoms. The van der Waals surface area contributed by atoms with Crippen LogP contribution in [0.3, 0.4) is 0 Å². The molecule has 0 aliphatic heterocycles. The maximum atomic E-state index is 10.6. The lowest BCUT2D eigenvalue weighted by atomic mass is 10.4. The number of carbonyl (C=O) groups is 1. The fraction of sp³-hybridized carbons (Fsp3) is 0.375. The third-order valence-corrected chi connectivity index (χ3v) is 0.887. The van der Waals surface area contributed by atoms with E-state index in [0.29, 0.717) is 6.61 Å². The fourth-order valence-electron chi connectivity index (χ4n) is 0.414. The van der Waals surface area contributed by atoms with E-state index >= 15 is 0 Å². The van der Waals surface area contributed by atoms with Crippen molar-refractivity contribution in [3.05, 3.63) is 24.8 Å². The normalized spacial score (nSPS) is 9.70. The van der Waals surface area contributed by atoms with Gasteiger partial charge in [-0.25, -0.2) is 0 Å². The predicted octanol–water partition coefficient (Wildman–Crippen LogP) is 1.68. The Kier molecular flexibility index (Phi) is 5.44. The van der Waals surface area contributed by atoms with Crippen molar-refractivity contribution in [1.29, 1.82) is 0 Å². The second-order valence-corrected chi connectivity index (χ2v) is 1.74. The first-order valence-electron chi connectivity index (χ1n) is 3.19. The highest BCUT2D eigenvalue weighted by molar-refractivity contribution is 5.71. The van der Waals surface area contributed by atoms with Crippen molar-refractivity contribution >= 4 is 5.97 Å². The van der Waals surface area contributed by atoms with Crippen LogP contribution < -0.4 is 0 Å². The number of hydrogen-bond donors (Lipinski definition) is 0. The maximum absolute atomic E-state index is 10.6. The van der Waals surface area contributed by atoms with Gasteiger partial charge in [-0.05, 0) is 6.92 Å². The average Bonchev–Trinajstić information content (AvgIpc) is 1.89. The van der Waals surface area contributed by atoms with Gasteiger partial charge in [-0.1, -0.05) is 18.2 Å². The Balaban J connectivity index is 3.30. The van der Waals surface area contributed by atoms with Crippen LogP contribution in [0.25, 0.3) is 0 Å². The summed E-state index contributed by atoms with van der Waals surface area (Å²) in [7, 11) is 0. The number of hydrogen-bond acceptors (Lipinski definition) is 2. The van der Waals surface area contributed by atoms with Crippen molar-refractivity contribution in [1.82, 2.24) is 0 Å². The molecule has 56 valence electrons. The van der Waals surface area contributed by atoms with Crippen LogP contribution in [0.15, 0.2) is 24.8 Å². The lowest BCUT2D eigenvalue weighted by Crippen LogP contribution is -2.01. The summed E-state index contributed by atoms with van der Waals surface area (Å²) < 4.78 is 4.73. The molecule has 0 radical (unpaired) electrons. The van der Waals surface area contributed by atoms with E-state index in [1.807, 2.05) is 13.0 Å². The van der Waals surface area contributed by atoms with Crippen LogP contribution >= 0.6 is 0 Å². The molecule has 0 heterocycles. The minimum atomic E-state index is -0.229. The lowest BCUT2D eigenvalue weighted by molar-refractivity contribution is -0.141. The highest BCUT2D eigenvalue weighted by Gasteiger charge is 1.94. The van der Waals surface area contributed by atoms with Gasteiger partial charge in [0.05, 0.1) is 6.42 Å².